The number of anilines is 1. The molecule has 0 atom stereocenters. The highest BCUT2D eigenvalue weighted by molar-refractivity contribution is 7.92. The van der Waals surface area contributed by atoms with E-state index in [1.807, 2.05) is 51.1 Å². The summed E-state index contributed by atoms with van der Waals surface area (Å²) in [7, 11) is -3.49. The number of nitrogens with one attached hydrogen (secondary N) is 2. The molecule has 3 aromatic heterocycles. The highest BCUT2D eigenvalue weighted by Crippen LogP contribution is 2.40. The van der Waals surface area contributed by atoms with Crippen LogP contribution in [0.4, 0.5) is 5.95 Å². The highest BCUT2D eigenvalue weighted by Gasteiger charge is 2.20. The van der Waals surface area contributed by atoms with E-state index in [4.69, 9.17) is 4.52 Å². The van der Waals surface area contributed by atoms with Crippen molar-refractivity contribution >= 4 is 37.9 Å². The molecule has 0 bridgehead atoms. The van der Waals surface area contributed by atoms with Crippen LogP contribution in [0.5, 0.6) is 0 Å². The fourth-order valence-corrected chi connectivity index (χ4v) is 4.77. The van der Waals surface area contributed by atoms with Crippen LogP contribution in [0.3, 0.4) is 0 Å². The Morgan fingerprint density at radius 2 is 1.91 bits per heavy atom. The van der Waals surface area contributed by atoms with Crippen LogP contribution < -0.4 is 4.72 Å². The third-order valence-corrected chi connectivity index (χ3v) is 7.07. The van der Waals surface area contributed by atoms with Crippen LogP contribution in [0.2, 0.25) is 0 Å². The summed E-state index contributed by atoms with van der Waals surface area (Å²) in [5.74, 6) is 0.843. The average molecular weight is 462 g/mol. The maximum atomic E-state index is 12.2. The number of rotatable bonds is 5. The molecule has 0 aliphatic carbocycles. The molecule has 5 aromatic rings. The Bertz CT molecular complexity index is 1610. The Morgan fingerprint density at radius 3 is 2.64 bits per heavy atom. The normalized spacial score (nSPS) is 12.0. The second-order valence-electron chi connectivity index (χ2n) is 8.04. The van der Waals surface area contributed by atoms with Crippen molar-refractivity contribution in [2.24, 2.45) is 0 Å². The zero-order chi connectivity index (χ0) is 23.3. The summed E-state index contributed by atoms with van der Waals surface area (Å²) in [5, 5.41) is 5.10. The molecule has 3 heterocycles. The average Bonchev–Trinajstić information content (AvgIpc) is 3.34. The Balaban J connectivity index is 1.86. The Hall–Kier alpha value is -3.72. The first-order valence-corrected chi connectivity index (χ1v) is 12.2. The second-order valence-corrected chi connectivity index (χ2v) is 10.0. The van der Waals surface area contributed by atoms with E-state index in [1.165, 1.54) is 0 Å². The van der Waals surface area contributed by atoms with Crippen molar-refractivity contribution < 1.29 is 12.9 Å². The fraction of sp³-hybridized carbons (Fsp3) is 0.208. The number of aryl methyl sites for hydroxylation is 3. The molecule has 0 unspecified atom stereocenters. The largest absolute Gasteiger partial charge is 0.361 e. The van der Waals surface area contributed by atoms with Gasteiger partial charge < -0.3 is 9.51 Å². The van der Waals surface area contributed by atoms with Gasteiger partial charge in [0.05, 0.1) is 28.0 Å². The van der Waals surface area contributed by atoms with Crippen LogP contribution in [0.1, 0.15) is 23.9 Å². The predicted molar refractivity (Wildman–Crippen MR) is 130 cm³/mol. The number of aromatic amines is 1. The summed E-state index contributed by atoms with van der Waals surface area (Å²) >= 11 is 0. The molecule has 9 heteroatoms. The van der Waals surface area contributed by atoms with Crippen molar-refractivity contribution in [2.75, 3.05) is 10.5 Å². The van der Waals surface area contributed by atoms with Crippen LogP contribution in [-0.2, 0) is 10.0 Å². The molecule has 0 spiro atoms. The van der Waals surface area contributed by atoms with Gasteiger partial charge in [-0.3, -0.25) is 9.71 Å². The molecule has 33 heavy (non-hydrogen) atoms. The van der Waals surface area contributed by atoms with Crippen LogP contribution in [0.25, 0.3) is 44.2 Å². The predicted octanol–water partition coefficient (Wildman–Crippen LogP) is 5.12. The number of pyridine rings is 1. The number of hydrogen-bond acceptors (Lipinski definition) is 6. The molecule has 0 fully saturated rings. The minimum Gasteiger partial charge on any atom is -0.361 e. The van der Waals surface area contributed by atoms with Gasteiger partial charge in [-0.25, -0.2) is 13.4 Å². The lowest BCUT2D eigenvalue weighted by atomic mass is 9.92. The van der Waals surface area contributed by atoms with Gasteiger partial charge in [0, 0.05) is 22.7 Å². The van der Waals surface area contributed by atoms with Crippen LogP contribution >= 0.6 is 0 Å². The first kappa shape index (κ1) is 21.1. The van der Waals surface area contributed by atoms with Gasteiger partial charge in [-0.2, -0.15) is 0 Å². The maximum absolute atomic E-state index is 12.2. The van der Waals surface area contributed by atoms with Crippen LogP contribution in [0, 0.1) is 20.8 Å². The van der Waals surface area contributed by atoms with Crippen molar-refractivity contribution in [3.8, 4) is 22.3 Å². The van der Waals surface area contributed by atoms with Crippen LogP contribution in [-0.4, -0.2) is 34.3 Å². The van der Waals surface area contributed by atoms with Gasteiger partial charge in [-0.15, -0.1) is 0 Å². The quantitative estimate of drug-likeness (QED) is 0.375. The number of H-pyrrole nitrogens is 1. The number of nitrogens with zero attached hydrogens (tertiary/aromatic N) is 3. The monoisotopic (exact) mass is 461 g/mol. The highest BCUT2D eigenvalue weighted by atomic mass is 32.2. The Labute approximate surface area is 191 Å². The second kappa shape index (κ2) is 7.70. The summed E-state index contributed by atoms with van der Waals surface area (Å²) < 4.78 is 32.3. The van der Waals surface area contributed by atoms with Crippen molar-refractivity contribution in [2.45, 2.75) is 27.7 Å². The van der Waals surface area contributed by atoms with Gasteiger partial charge in [0.1, 0.15) is 5.76 Å². The van der Waals surface area contributed by atoms with Gasteiger partial charge in [-0.05, 0) is 68.7 Å². The number of aromatic nitrogens is 4. The van der Waals surface area contributed by atoms with Crippen molar-refractivity contribution in [1.82, 2.24) is 20.1 Å². The molecule has 168 valence electrons. The summed E-state index contributed by atoms with van der Waals surface area (Å²) in [6.07, 6.45) is 1.77. The summed E-state index contributed by atoms with van der Waals surface area (Å²) in [6.45, 7) is 7.40. The molecule has 0 radical (unpaired) electrons. The molecule has 2 N–H and O–H groups in total. The Kier molecular flexibility index (Phi) is 4.93. The van der Waals surface area contributed by atoms with E-state index >= 15 is 0 Å². The molecule has 2 aromatic carbocycles. The molecule has 0 saturated carbocycles. The molecule has 0 amide bonds. The molecule has 5 rings (SSSR count). The number of hydrogen-bond donors (Lipinski definition) is 2. The number of fused-ring (bicyclic) bond motifs is 2. The van der Waals surface area contributed by atoms with E-state index in [0.29, 0.717) is 16.8 Å². The lowest BCUT2D eigenvalue weighted by molar-refractivity contribution is 0.393. The minimum atomic E-state index is -3.49. The molecule has 8 nitrogen and oxygen atoms in total. The lowest BCUT2D eigenvalue weighted by Crippen LogP contribution is -2.15. The number of imidazole rings is 1. The molecular formula is C24H23N5O3S. The van der Waals surface area contributed by atoms with Gasteiger partial charge in [0.2, 0.25) is 16.0 Å². The summed E-state index contributed by atoms with van der Waals surface area (Å²) in [4.78, 5) is 12.3. The van der Waals surface area contributed by atoms with E-state index in [2.05, 4.69) is 30.9 Å². The SMILES string of the molecule is CCS(=O)(=O)Nc1nc2c(-c3c(C)ccc4ncccc34)cc(-c3c(C)noc3C)cc2[nH]1. The first-order chi connectivity index (χ1) is 15.8. The van der Waals surface area contributed by atoms with Gasteiger partial charge in [-0.1, -0.05) is 17.3 Å². The van der Waals surface area contributed by atoms with Crippen molar-refractivity contribution in [3.05, 3.63) is 59.6 Å². The van der Waals surface area contributed by atoms with E-state index in [-0.39, 0.29) is 11.7 Å². The smallest absolute Gasteiger partial charge is 0.234 e. The van der Waals surface area contributed by atoms with Crippen molar-refractivity contribution in [1.29, 1.82) is 0 Å². The van der Waals surface area contributed by atoms with E-state index in [0.717, 1.165) is 44.4 Å². The molecule has 0 aliphatic heterocycles. The number of benzene rings is 2. The standard InChI is InChI=1S/C24H23N5O3S/c1-5-33(30,31)29-24-26-20-12-16(22-14(3)28-32-15(22)4)11-18(23(20)27-24)21-13(2)8-9-19-17(21)7-6-10-25-19/h6-12H,5H2,1-4H3,(H2,26,27,29). The summed E-state index contributed by atoms with van der Waals surface area (Å²) in [6, 6.07) is 12.0. The third-order valence-electron chi connectivity index (χ3n) is 5.80. The number of sulfonamides is 1. The van der Waals surface area contributed by atoms with Gasteiger partial charge >= 0.3 is 0 Å². The third kappa shape index (κ3) is 3.64. The van der Waals surface area contributed by atoms with E-state index in [9.17, 15) is 8.42 Å². The topological polar surface area (TPSA) is 114 Å². The van der Waals surface area contributed by atoms with Gasteiger partial charge in [0.25, 0.3) is 0 Å². The zero-order valence-electron chi connectivity index (χ0n) is 18.7. The first-order valence-electron chi connectivity index (χ1n) is 10.6. The Morgan fingerprint density at radius 1 is 1.09 bits per heavy atom. The van der Waals surface area contributed by atoms with Crippen molar-refractivity contribution in [3.63, 3.8) is 0 Å². The summed E-state index contributed by atoms with van der Waals surface area (Å²) in [5.41, 5.74) is 7.76. The lowest BCUT2D eigenvalue weighted by Gasteiger charge is -2.13. The molecule has 0 saturated heterocycles. The molecule has 0 aliphatic rings. The van der Waals surface area contributed by atoms with Gasteiger partial charge in [0.15, 0.2) is 0 Å². The van der Waals surface area contributed by atoms with E-state index in [1.54, 1.807) is 13.1 Å². The fourth-order valence-electron chi connectivity index (χ4n) is 4.23. The maximum Gasteiger partial charge on any atom is 0.234 e. The zero-order valence-corrected chi connectivity index (χ0v) is 19.5. The minimum absolute atomic E-state index is 0.0463. The van der Waals surface area contributed by atoms with Crippen LogP contribution in [0.15, 0.2) is 47.1 Å². The molecular weight excluding hydrogens is 438 g/mol. The van der Waals surface area contributed by atoms with E-state index < -0.39 is 10.0 Å².